The molecule has 0 saturated carbocycles. The van der Waals surface area contributed by atoms with Crippen molar-refractivity contribution in [3.05, 3.63) is 46.7 Å². The lowest BCUT2D eigenvalue weighted by molar-refractivity contribution is -0.120. The molecule has 110 valence electrons. The fourth-order valence-electron chi connectivity index (χ4n) is 1.47. The molecule has 1 aromatic heterocycles. The number of anilines is 1. The van der Waals surface area contributed by atoms with E-state index in [2.05, 4.69) is 15.6 Å². The first-order valence-electron chi connectivity index (χ1n) is 5.99. The van der Waals surface area contributed by atoms with Crippen LogP contribution >= 0.6 is 11.6 Å². The molecule has 0 fully saturated rings. The van der Waals surface area contributed by atoms with Gasteiger partial charge in [0, 0.05) is 16.7 Å². The smallest absolute Gasteiger partial charge is 0.266 e. The van der Waals surface area contributed by atoms with Gasteiger partial charge in [-0.15, -0.1) is 0 Å². The molecule has 8 heteroatoms. The van der Waals surface area contributed by atoms with Crippen molar-refractivity contribution in [3.63, 3.8) is 0 Å². The Morgan fingerprint density at radius 1 is 1.52 bits per heavy atom. The van der Waals surface area contributed by atoms with Gasteiger partial charge < -0.3 is 20.4 Å². The SMILES string of the molecule is Cc1cc(NC(=O)CO/N=C(/N)c2cccc(Cl)c2)no1. The van der Waals surface area contributed by atoms with E-state index in [1.54, 1.807) is 37.3 Å². The Morgan fingerprint density at radius 2 is 2.33 bits per heavy atom. The molecule has 0 unspecified atom stereocenters. The number of hydrogen-bond acceptors (Lipinski definition) is 5. The van der Waals surface area contributed by atoms with Crippen LogP contribution in [0, 0.1) is 6.92 Å². The summed E-state index contributed by atoms with van der Waals surface area (Å²) < 4.78 is 4.81. The van der Waals surface area contributed by atoms with Crippen molar-refractivity contribution in [3.8, 4) is 0 Å². The average molecular weight is 309 g/mol. The summed E-state index contributed by atoms with van der Waals surface area (Å²) in [5.74, 6) is 0.607. The largest absolute Gasteiger partial charge is 0.384 e. The Hall–Kier alpha value is -2.54. The zero-order valence-electron chi connectivity index (χ0n) is 11.2. The lowest BCUT2D eigenvalue weighted by Crippen LogP contribution is -2.19. The lowest BCUT2D eigenvalue weighted by Gasteiger charge is -2.02. The predicted molar refractivity (Wildman–Crippen MR) is 78.0 cm³/mol. The van der Waals surface area contributed by atoms with E-state index in [9.17, 15) is 4.79 Å². The van der Waals surface area contributed by atoms with Crippen LogP contribution in [0.1, 0.15) is 11.3 Å². The van der Waals surface area contributed by atoms with Crippen LogP contribution in [-0.4, -0.2) is 23.5 Å². The van der Waals surface area contributed by atoms with Gasteiger partial charge in [-0.2, -0.15) is 0 Å². The van der Waals surface area contributed by atoms with E-state index in [0.717, 1.165) is 0 Å². The molecule has 0 bridgehead atoms. The van der Waals surface area contributed by atoms with Gasteiger partial charge in [0.25, 0.3) is 5.91 Å². The second kappa shape index (κ2) is 6.76. The van der Waals surface area contributed by atoms with Crippen LogP contribution in [0.5, 0.6) is 0 Å². The van der Waals surface area contributed by atoms with Gasteiger partial charge in [0.1, 0.15) is 5.76 Å². The molecule has 2 aromatic rings. The van der Waals surface area contributed by atoms with Gasteiger partial charge in [0.15, 0.2) is 18.3 Å². The number of benzene rings is 1. The Morgan fingerprint density at radius 3 is 3.00 bits per heavy atom. The second-order valence-electron chi connectivity index (χ2n) is 4.13. The molecule has 0 aliphatic rings. The third-order valence-corrected chi connectivity index (χ3v) is 2.61. The summed E-state index contributed by atoms with van der Waals surface area (Å²) in [7, 11) is 0. The van der Waals surface area contributed by atoms with Crippen molar-refractivity contribution in [1.29, 1.82) is 0 Å². The molecule has 1 aromatic carbocycles. The van der Waals surface area contributed by atoms with Crippen LogP contribution in [0.25, 0.3) is 0 Å². The number of rotatable bonds is 5. The van der Waals surface area contributed by atoms with Crippen molar-refractivity contribution < 1.29 is 14.2 Å². The number of halogens is 1. The summed E-state index contributed by atoms with van der Waals surface area (Å²) in [4.78, 5) is 16.4. The lowest BCUT2D eigenvalue weighted by atomic mass is 10.2. The summed E-state index contributed by atoms with van der Waals surface area (Å²) in [6, 6.07) is 8.40. The number of amides is 1. The molecule has 0 atom stereocenters. The summed E-state index contributed by atoms with van der Waals surface area (Å²) >= 11 is 5.83. The number of nitrogens with two attached hydrogens (primary N) is 1. The quantitative estimate of drug-likeness (QED) is 0.499. The molecule has 1 heterocycles. The monoisotopic (exact) mass is 308 g/mol. The molecule has 2 rings (SSSR count). The molecule has 0 aliphatic heterocycles. The zero-order valence-corrected chi connectivity index (χ0v) is 11.9. The molecule has 0 aliphatic carbocycles. The van der Waals surface area contributed by atoms with Crippen molar-refractivity contribution in [2.75, 3.05) is 11.9 Å². The number of oxime groups is 1. The topological polar surface area (TPSA) is 103 Å². The van der Waals surface area contributed by atoms with Gasteiger partial charge >= 0.3 is 0 Å². The highest BCUT2D eigenvalue weighted by Crippen LogP contribution is 2.10. The normalized spacial score (nSPS) is 11.2. The molecule has 0 radical (unpaired) electrons. The van der Waals surface area contributed by atoms with Crippen LogP contribution in [0.2, 0.25) is 5.02 Å². The van der Waals surface area contributed by atoms with Gasteiger partial charge in [-0.3, -0.25) is 4.79 Å². The Balaban J connectivity index is 1.85. The molecular formula is C13H13ClN4O3. The van der Waals surface area contributed by atoms with E-state index in [1.807, 2.05) is 0 Å². The summed E-state index contributed by atoms with van der Waals surface area (Å²) in [5.41, 5.74) is 6.32. The van der Waals surface area contributed by atoms with Gasteiger partial charge in [-0.1, -0.05) is 34.0 Å². The summed E-state index contributed by atoms with van der Waals surface area (Å²) in [5, 5.41) is 10.3. The van der Waals surface area contributed by atoms with Gasteiger partial charge in [0.05, 0.1) is 0 Å². The predicted octanol–water partition coefficient (Wildman–Crippen LogP) is 1.91. The van der Waals surface area contributed by atoms with Gasteiger partial charge in [-0.25, -0.2) is 0 Å². The Bertz CT molecular complexity index is 669. The van der Waals surface area contributed by atoms with E-state index >= 15 is 0 Å². The molecule has 0 saturated heterocycles. The number of hydrogen-bond donors (Lipinski definition) is 2. The van der Waals surface area contributed by atoms with Crippen LogP contribution in [-0.2, 0) is 9.63 Å². The van der Waals surface area contributed by atoms with E-state index in [-0.39, 0.29) is 12.4 Å². The fraction of sp³-hybridized carbons (Fsp3) is 0.154. The van der Waals surface area contributed by atoms with Crippen LogP contribution in [0.15, 0.2) is 40.0 Å². The van der Waals surface area contributed by atoms with Crippen LogP contribution < -0.4 is 11.1 Å². The molecule has 0 spiro atoms. The minimum Gasteiger partial charge on any atom is -0.384 e. The summed E-state index contributed by atoms with van der Waals surface area (Å²) in [6.07, 6.45) is 0. The van der Waals surface area contributed by atoms with Crippen molar-refractivity contribution >= 4 is 29.2 Å². The first-order chi connectivity index (χ1) is 10.0. The van der Waals surface area contributed by atoms with Gasteiger partial charge in [-0.05, 0) is 19.1 Å². The maximum atomic E-state index is 11.5. The van der Waals surface area contributed by atoms with Crippen LogP contribution in [0.3, 0.4) is 0 Å². The highest BCUT2D eigenvalue weighted by Gasteiger charge is 2.07. The summed E-state index contributed by atoms with van der Waals surface area (Å²) in [6.45, 7) is 1.42. The number of carbonyl (C=O) groups excluding carboxylic acids is 1. The van der Waals surface area contributed by atoms with E-state index in [0.29, 0.717) is 22.2 Å². The van der Waals surface area contributed by atoms with E-state index in [1.165, 1.54) is 0 Å². The van der Waals surface area contributed by atoms with Gasteiger partial charge in [0.2, 0.25) is 0 Å². The fourth-order valence-corrected chi connectivity index (χ4v) is 1.66. The first kappa shape index (κ1) is 14.9. The third-order valence-electron chi connectivity index (χ3n) is 2.37. The highest BCUT2D eigenvalue weighted by atomic mass is 35.5. The number of nitrogens with one attached hydrogen (secondary N) is 1. The maximum Gasteiger partial charge on any atom is 0.266 e. The van der Waals surface area contributed by atoms with Crippen molar-refractivity contribution in [1.82, 2.24) is 5.16 Å². The highest BCUT2D eigenvalue weighted by molar-refractivity contribution is 6.31. The zero-order chi connectivity index (χ0) is 15.2. The standard InChI is InChI=1S/C13H13ClN4O3/c1-8-5-11(17-21-8)16-12(19)7-20-18-13(15)9-3-2-4-10(14)6-9/h2-6H,7H2,1H3,(H2,15,18)(H,16,17,19). The Labute approximate surface area is 125 Å². The molecule has 21 heavy (non-hydrogen) atoms. The molecular weight excluding hydrogens is 296 g/mol. The number of nitrogens with zero attached hydrogens (tertiary/aromatic N) is 2. The molecule has 3 N–H and O–H groups in total. The van der Waals surface area contributed by atoms with Crippen LogP contribution in [0.4, 0.5) is 5.82 Å². The van der Waals surface area contributed by atoms with Crippen molar-refractivity contribution in [2.24, 2.45) is 10.9 Å². The average Bonchev–Trinajstić information content (AvgIpc) is 2.84. The number of carbonyl (C=O) groups is 1. The Kier molecular flexibility index (Phi) is 4.78. The molecule has 1 amide bonds. The second-order valence-corrected chi connectivity index (χ2v) is 4.57. The maximum absolute atomic E-state index is 11.5. The molecule has 7 nitrogen and oxygen atoms in total. The van der Waals surface area contributed by atoms with E-state index in [4.69, 9.17) is 26.7 Å². The van der Waals surface area contributed by atoms with Crippen molar-refractivity contribution in [2.45, 2.75) is 6.92 Å². The minimum atomic E-state index is -0.425. The number of aryl methyl sites for hydroxylation is 1. The van der Waals surface area contributed by atoms with E-state index < -0.39 is 5.91 Å². The third kappa shape index (κ3) is 4.50. The number of amidine groups is 1. The number of aromatic nitrogens is 1. The first-order valence-corrected chi connectivity index (χ1v) is 6.37. The minimum absolute atomic E-state index is 0.127.